The molecule has 1 amide bonds. The maximum Gasteiger partial charge on any atom is 0.226 e. The summed E-state index contributed by atoms with van der Waals surface area (Å²) in [5, 5.41) is 6.21. The fourth-order valence-corrected chi connectivity index (χ4v) is 3.11. The number of nitrogens with zero attached hydrogens (tertiary/aromatic N) is 1. The summed E-state index contributed by atoms with van der Waals surface area (Å²) in [6.07, 6.45) is 2.98. The van der Waals surface area contributed by atoms with Crippen molar-refractivity contribution >= 4 is 23.0 Å². The van der Waals surface area contributed by atoms with Gasteiger partial charge in [-0.25, -0.2) is 0 Å². The molecule has 2 N–H and O–H groups in total. The molecule has 0 bridgehead atoms. The van der Waals surface area contributed by atoms with Gasteiger partial charge in [0.2, 0.25) is 5.91 Å². The lowest BCUT2D eigenvalue weighted by Crippen LogP contribution is -2.17. The Balaban J connectivity index is 1.40. The van der Waals surface area contributed by atoms with Gasteiger partial charge < -0.3 is 20.3 Å². The fourth-order valence-electron chi connectivity index (χ4n) is 3.11. The first-order chi connectivity index (χ1) is 12.7. The molecule has 26 heavy (non-hydrogen) atoms. The van der Waals surface area contributed by atoms with Crippen LogP contribution in [0.2, 0.25) is 0 Å². The highest BCUT2D eigenvalue weighted by atomic mass is 16.5. The summed E-state index contributed by atoms with van der Waals surface area (Å²) < 4.78 is 5.39. The summed E-state index contributed by atoms with van der Waals surface area (Å²) in [5.41, 5.74) is 3.11. The Labute approximate surface area is 155 Å². The summed E-state index contributed by atoms with van der Waals surface area (Å²) in [6, 6.07) is 15.9. The Hall–Kier alpha value is -2.69. The van der Waals surface area contributed by atoms with Crippen molar-refractivity contribution in [1.29, 1.82) is 0 Å². The van der Waals surface area contributed by atoms with Gasteiger partial charge in [0, 0.05) is 43.1 Å². The monoisotopic (exact) mass is 353 g/mol. The van der Waals surface area contributed by atoms with Gasteiger partial charge in [-0.1, -0.05) is 0 Å². The van der Waals surface area contributed by atoms with Crippen LogP contribution in [-0.4, -0.2) is 32.1 Å². The van der Waals surface area contributed by atoms with Crippen molar-refractivity contribution in [3.63, 3.8) is 0 Å². The molecule has 0 unspecified atom stereocenters. The van der Waals surface area contributed by atoms with Crippen LogP contribution in [0.5, 0.6) is 5.75 Å². The van der Waals surface area contributed by atoms with Crippen LogP contribution in [-0.2, 0) is 4.79 Å². The minimum atomic E-state index is -0.00431. The largest absolute Gasteiger partial charge is 0.494 e. The molecule has 0 radical (unpaired) electrons. The van der Waals surface area contributed by atoms with E-state index in [9.17, 15) is 4.79 Å². The molecule has 1 heterocycles. The highest BCUT2D eigenvalue weighted by Gasteiger charge is 2.11. The Morgan fingerprint density at radius 1 is 1.00 bits per heavy atom. The van der Waals surface area contributed by atoms with Gasteiger partial charge >= 0.3 is 0 Å². The first-order valence-corrected chi connectivity index (χ1v) is 9.36. The highest BCUT2D eigenvalue weighted by molar-refractivity contribution is 5.91. The number of benzene rings is 2. The molecule has 5 nitrogen and oxygen atoms in total. The van der Waals surface area contributed by atoms with E-state index in [1.165, 1.54) is 18.5 Å². The molecule has 1 saturated heterocycles. The molecule has 0 spiro atoms. The molecule has 0 aliphatic carbocycles. The van der Waals surface area contributed by atoms with Gasteiger partial charge in [-0.15, -0.1) is 0 Å². The summed E-state index contributed by atoms with van der Waals surface area (Å²) >= 11 is 0. The van der Waals surface area contributed by atoms with Crippen LogP contribution in [0, 0.1) is 0 Å². The number of rotatable bonds is 8. The number of carbonyl (C=O) groups excluding carboxylic acids is 1. The topological polar surface area (TPSA) is 53.6 Å². The zero-order chi connectivity index (χ0) is 18.2. The second-order valence-electron chi connectivity index (χ2n) is 6.42. The van der Waals surface area contributed by atoms with Crippen LogP contribution in [0.3, 0.4) is 0 Å². The third-order valence-electron chi connectivity index (χ3n) is 4.47. The van der Waals surface area contributed by atoms with Gasteiger partial charge in [0.15, 0.2) is 0 Å². The number of anilines is 3. The summed E-state index contributed by atoms with van der Waals surface area (Å²) in [6.45, 7) is 5.49. The molecule has 0 aromatic heterocycles. The van der Waals surface area contributed by atoms with E-state index in [4.69, 9.17) is 4.74 Å². The minimum Gasteiger partial charge on any atom is -0.494 e. The maximum atomic E-state index is 12.1. The Morgan fingerprint density at radius 2 is 1.65 bits per heavy atom. The molecule has 3 rings (SSSR count). The fraction of sp³-hybridized carbons (Fsp3) is 0.381. The lowest BCUT2D eigenvalue weighted by atomic mass is 10.2. The predicted molar refractivity (Wildman–Crippen MR) is 107 cm³/mol. The van der Waals surface area contributed by atoms with E-state index in [1.54, 1.807) is 0 Å². The van der Waals surface area contributed by atoms with Crippen molar-refractivity contribution in [1.82, 2.24) is 0 Å². The van der Waals surface area contributed by atoms with E-state index in [0.29, 0.717) is 19.6 Å². The van der Waals surface area contributed by atoms with Crippen LogP contribution in [0.25, 0.3) is 0 Å². The summed E-state index contributed by atoms with van der Waals surface area (Å²) in [7, 11) is 0. The third-order valence-corrected chi connectivity index (χ3v) is 4.47. The van der Waals surface area contributed by atoms with Crippen molar-refractivity contribution in [3.05, 3.63) is 48.5 Å². The molecule has 0 atom stereocenters. The number of ether oxygens (including phenoxy) is 1. The first kappa shape index (κ1) is 18.1. The summed E-state index contributed by atoms with van der Waals surface area (Å²) in [4.78, 5) is 14.5. The standard InChI is InChI=1S/C21H27N3O2/c1-2-26-20-11-7-18(8-12-20)23-21(25)13-14-22-17-5-9-19(10-6-17)24-15-3-4-16-24/h5-12,22H,2-4,13-16H2,1H3,(H,23,25). The SMILES string of the molecule is CCOc1ccc(NC(=O)CCNc2ccc(N3CCCC3)cc2)cc1. The van der Waals surface area contributed by atoms with Crippen LogP contribution in [0.1, 0.15) is 26.2 Å². The molecule has 2 aromatic carbocycles. The Kier molecular flexibility index (Phi) is 6.36. The molecule has 5 heteroatoms. The minimum absolute atomic E-state index is 0.00431. The second kappa shape index (κ2) is 9.13. The zero-order valence-corrected chi connectivity index (χ0v) is 15.3. The molecule has 138 valence electrons. The van der Waals surface area contributed by atoms with Crippen LogP contribution < -0.4 is 20.3 Å². The lowest BCUT2D eigenvalue weighted by Gasteiger charge is -2.18. The van der Waals surface area contributed by atoms with Crippen molar-refractivity contribution in [3.8, 4) is 5.75 Å². The molecular formula is C21H27N3O2. The van der Waals surface area contributed by atoms with Gasteiger partial charge in [0.1, 0.15) is 5.75 Å². The lowest BCUT2D eigenvalue weighted by molar-refractivity contribution is -0.115. The first-order valence-electron chi connectivity index (χ1n) is 9.36. The Morgan fingerprint density at radius 3 is 2.31 bits per heavy atom. The summed E-state index contributed by atoms with van der Waals surface area (Å²) in [5.74, 6) is 0.805. The van der Waals surface area contributed by atoms with Crippen LogP contribution in [0.4, 0.5) is 17.1 Å². The molecule has 1 aliphatic heterocycles. The third kappa shape index (κ3) is 5.15. The van der Waals surface area contributed by atoms with Gasteiger partial charge in [0.25, 0.3) is 0 Å². The number of hydrogen-bond acceptors (Lipinski definition) is 4. The van der Waals surface area contributed by atoms with Crippen molar-refractivity contribution < 1.29 is 9.53 Å². The number of hydrogen-bond donors (Lipinski definition) is 2. The Bertz CT molecular complexity index is 692. The molecule has 1 aliphatic rings. The molecule has 0 saturated carbocycles. The second-order valence-corrected chi connectivity index (χ2v) is 6.42. The van der Waals surface area contributed by atoms with E-state index < -0.39 is 0 Å². The number of carbonyl (C=O) groups is 1. The van der Waals surface area contributed by atoms with E-state index in [-0.39, 0.29) is 5.91 Å². The zero-order valence-electron chi connectivity index (χ0n) is 15.3. The van der Waals surface area contributed by atoms with E-state index in [2.05, 4.69) is 39.8 Å². The van der Waals surface area contributed by atoms with E-state index in [0.717, 1.165) is 30.2 Å². The normalized spacial score (nSPS) is 13.5. The highest BCUT2D eigenvalue weighted by Crippen LogP contribution is 2.22. The van der Waals surface area contributed by atoms with E-state index in [1.807, 2.05) is 31.2 Å². The van der Waals surface area contributed by atoms with Crippen molar-refractivity contribution in [2.75, 3.05) is 41.8 Å². The predicted octanol–water partition coefficient (Wildman–Crippen LogP) is 4.13. The average molecular weight is 353 g/mol. The van der Waals surface area contributed by atoms with Crippen LogP contribution >= 0.6 is 0 Å². The van der Waals surface area contributed by atoms with Crippen molar-refractivity contribution in [2.45, 2.75) is 26.2 Å². The number of nitrogens with one attached hydrogen (secondary N) is 2. The van der Waals surface area contributed by atoms with E-state index >= 15 is 0 Å². The average Bonchev–Trinajstić information content (AvgIpc) is 3.19. The van der Waals surface area contributed by atoms with Crippen molar-refractivity contribution in [2.24, 2.45) is 0 Å². The number of amides is 1. The van der Waals surface area contributed by atoms with Crippen LogP contribution in [0.15, 0.2) is 48.5 Å². The van der Waals surface area contributed by atoms with Gasteiger partial charge in [-0.05, 0) is 68.3 Å². The van der Waals surface area contributed by atoms with Gasteiger partial charge in [-0.3, -0.25) is 4.79 Å². The van der Waals surface area contributed by atoms with Gasteiger partial charge in [-0.2, -0.15) is 0 Å². The maximum absolute atomic E-state index is 12.1. The smallest absolute Gasteiger partial charge is 0.226 e. The molecule has 1 fully saturated rings. The quantitative estimate of drug-likeness (QED) is 0.749. The van der Waals surface area contributed by atoms with Gasteiger partial charge in [0.05, 0.1) is 6.61 Å². The molecular weight excluding hydrogens is 326 g/mol. The molecule has 2 aromatic rings.